The fourth-order valence-electron chi connectivity index (χ4n) is 7.81. The number of benzene rings is 7. The summed E-state index contributed by atoms with van der Waals surface area (Å²) in [5, 5.41) is 6.64. The zero-order chi connectivity index (χ0) is 37.0. The Morgan fingerprint density at radius 1 is 0.375 bits per heavy atom. The lowest BCUT2D eigenvalue weighted by molar-refractivity contribution is 0.654. The molecule has 11 aromatic rings. The lowest BCUT2D eigenvalue weighted by atomic mass is 10.0. The summed E-state index contributed by atoms with van der Waals surface area (Å²) in [5.74, 6) is 0. The number of aromatic nitrogens is 3. The molecule has 0 N–H and O–H groups in total. The first-order valence-electron chi connectivity index (χ1n) is 18.7. The van der Waals surface area contributed by atoms with Crippen molar-refractivity contribution in [2.75, 3.05) is 4.90 Å². The highest BCUT2D eigenvalue weighted by atomic mass is 16.3. The van der Waals surface area contributed by atoms with Crippen molar-refractivity contribution in [1.82, 2.24) is 15.0 Å². The number of anilines is 3. The Morgan fingerprint density at radius 2 is 0.911 bits per heavy atom. The molecule has 11 rings (SSSR count). The monoisotopic (exact) mass is 716 g/mol. The van der Waals surface area contributed by atoms with Gasteiger partial charge in [0.15, 0.2) is 0 Å². The molecule has 56 heavy (non-hydrogen) atoms. The highest BCUT2D eigenvalue weighted by Crippen LogP contribution is 2.39. The van der Waals surface area contributed by atoms with E-state index in [9.17, 15) is 0 Å². The molecule has 0 aliphatic rings. The van der Waals surface area contributed by atoms with Crippen LogP contribution in [0.2, 0.25) is 0 Å². The van der Waals surface area contributed by atoms with Crippen molar-refractivity contribution in [3.8, 4) is 33.5 Å². The number of nitrogens with zero attached hydrogens (tertiary/aromatic N) is 4. The van der Waals surface area contributed by atoms with Crippen LogP contribution in [0.3, 0.4) is 0 Å². The Balaban J connectivity index is 0.969. The second kappa shape index (κ2) is 13.0. The summed E-state index contributed by atoms with van der Waals surface area (Å²) in [6.45, 7) is 0. The first kappa shape index (κ1) is 31.9. The lowest BCUT2D eigenvalue weighted by Crippen LogP contribution is -2.09. The van der Waals surface area contributed by atoms with Gasteiger partial charge in [0.05, 0.1) is 16.7 Å². The Bertz CT molecular complexity index is 3140. The number of furan rings is 1. The van der Waals surface area contributed by atoms with Gasteiger partial charge in [-0.2, -0.15) is 0 Å². The molecule has 0 atom stereocenters. The summed E-state index contributed by atoms with van der Waals surface area (Å²) >= 11 is 0. The molecule has 0 saturated heterocycles. The molecule has 0 fully saturated rings. The number of rotatable bonds is 6. The number of hydrogen-bond acceptors (Lipinski definition) is 5. The average Bonchev–Trinajstić information content (AvgIpc) is 3.64. The van der Waals surface area contributed by atoms with E-state index in [4.69, 9.17) is 19.4 Å². The van der Waals surface area contributed by atoms with Gasteiger partial charge in [0.1, 0.15) is 5.58 Å². The minimum Gasteiger partial charge on any atom is -0.438 e. The van der Waals surface area contributed by atoms with Gasteiger partial charge in [-0.3, -0.25) is 9.97 Å². The predicted molar refractivity (Wildman–Crippen MR) is 231 cm³/mol. The van der Waals surface area contributed by atoms with E-state index in [0.717, 1.165) is 99.5 Å². The molecular weight excluding hydrogens is 685 g/mol. The van der Waals surface area contributed by atoms with E-state index in [0.29, 0.717) is 5.71 Å². The lowest BCUT2D eigenvalue weighted by Gasteiger charge is -2.26. The normalized spacial score (nSPS) is 11.6. The van der Waals surface area contributed by atoms with Crippen LogP contribution >= 0.6 is 0 Å². The Morgan fingerprint density at radius 3 is 1.59 bits per heavy atom. The SMILES string of the molecule is c1ccc2ncc(-c3ccc(N(c4ccc(-c5cnc6ccccc6c5)cc4)c4ccc5cc(-c6ccc7c(n6)oc6ccccc67)ccc5c4)cc3)cc2c1. The van der Waals surface area contributed by atoms with Crippen molar-refractivity contribution in [1.29, 1.82) is 0 Å². The zero-order valence-corrected chi connectivity index (χ0v) is 30.2. The van der Waals surface area contributed by atoms with Gasteiger partial charge in [0.2, 0.25) is 5.71 Å². The molecule has 7 aromatic carbocycles. The Kier molecular flexibility index (Phi) is 7.42. The Hall–Kier alpha value is -7.63. The first-order valence-corrected chi connectivity index (χ1v) is 18.7. The van der Waals surface area contributed by atoms with E-state index >= 15 is 0 Å². The average molecular weight is 717 g/mol. The van der Waals surface area contributed by atoms with Crippen molar-refractivity contribution in [3.63, 3.8) is 0 Å². The van der Waals surface area contributed by atoms with Crippen molar-refractivity contribution < 1.29 is 4.42 Å². The summed E-state index contributed by atoms with van der Waals surface area (Å²) in [7, 11) is 0. The first-order chi connectivity index (χ1) is 27.7. The molecule has 4 heterocycles. The van der Waals surface area contributed by atoms with Crippen LogP contribution in [0, 0.1) is 0 Å². The van der Waals surface area contributed by atoms with E-state index in [1.807, 2.05) is 54.9 Å². The molecule has 0 saturated carbocycles. The van der Waals surface area contributed by atoms with Crippen LogP contribution < -0.4 is 4.90 Å². The summed E-state index contributed by atoms with van der Waals surface area (Å²) in [4.78, 5) is 16.7. The van der Waals surface area contributed by atoms with Crippen molar-refractivity contribution in [2.45, 2.75) is 0 Å². The molecule has 4 aromatic heterocycles. The molecule has 5 nitrogen and oxygen atoms in total. The van der Waals surface area contributed by atoms with Crippen LogP contribution in [0.1, 0.15) is 0 Å². The second-order valence-corrected chi connectivity index (χ2v) is 14.2. The molecule has 262 valence electrons. The van der Waals surface area contributed by atoms with E-state index < -0.39 is 0 Å². The minimum absolute atomic E-state index is 0.653. The number of fused-ring (bicyclic) bond motifs is 6. The Labute approximate surface area is 322 Å². The fourth-order valence-corrected chi connectivity index (χ4v) is 7.81. The van der Waals surface area contributed by atoms with Crippen molar-refractivity contribution in [2.24, 2.45) is 0 Å². The van der Waals surface area contributed by atoms with Crippen LogP contribution in [0.15, 0.2) is 199 Å². The van der Waals surface area contributed by atoms with Gasteiger partial charge < -0.3 is 9.32 Å². The van der Waals surface area contributed by atoms with Crippen LogP contribution in [-0.2, 0) is 0 Å². The molecule has 0 amide bonds. The summed E-state index contributed by atoms with van der Waals surface area (Å²) in [5.41, 5.74) is 13.0. The van der Waals surface area contributed by atoms with Gasteiger partial charge in [0, 0.05) is 67.7 Å². The van der Waals surface area contributed by atoms with Gasteiger partial charge in [0.25, 0.3) is 0 Å². The molecule has 0 radical (unpaired) electrons. The molecule has 0 aliphatic carbocycles. The van der Waals surface area contributed by atoms with E-state index in [1.54, 1.807) is 0 Å². The third-order valence-corrected chi connectivity index (χ3v) is 10.7. The van der Waals surface area contributed by atoms with Crippen LogP contribution in [-0.4, -0.2) is 15.0 Å². The van der Waals surface area contributed by atoms with E-state index in [1.165, 1.54) is 0 Å². The van der Waals surface area contributed by atoms with Gasteiger partial charge in [-0.1, -0.05) is 97.1 Å². The third kappa shape index (κ3) is 5.62. The molecule has 0 spiro atoms. The van der Waals surface area contributed by atoms with Crippen LogP contribution in [0.25, 0.3) is 88.2 Å². The van der Waals surface area contributed by atoms with Gasteiger partial charge in [-0.25, -0.2) is 4.98 Å². The molecule has 0 aliphatic heterocycles. The molecule has 0 bridgehead atoms. The van der Waals surface area contributed by atoms with Gasteiger partial charge >= 0.3 is 0 Å². The largest absolute Gasteiger partial charge is 0.438 e. The van der Waals surface area contributed by atoms with E-state index in [-0.39, 0.29) is 0 Å². The maximum Gasteiger partial charge on any atom is 0.227 e. The number of pyridine rings is 3. The van der Waals surface area contributed by atoms with Crippen molar-refractivity contribution >= 4 is 71.7 Å². The fraction of sp³-hybridized carbons (Fsp3) is 0. The van der Waals surface area contributed by atoms with Crippen LogP contribution in [0.5, 0.6) is 0 Å². The maximum absolute atomic E-state index is 6.10. The van der Waals surface area contributed by atoms with Crippen LogP contribution in [0.4, 0.5) is 17.1 Å². The zero-order valence-electron chi connectivity index (χ0n) is 30.2. The standard InChI is InChI=1S/C51H32N4O/c1-4-10-47-37(7-1)28-40(31-52-47)33-15-20-42(21-16-33)55(43-22-17-34(18-23-43)41-29-38-8-2-5-11-48(38)53-32-41)44-24-19-35-27-39(14-13-36(35)30-44)49-26-25-46-45-9-3-6-12-50(45)56-51(46)54-49/h1-32H. The van der Waals surface area contributed by atoms with E-state index in [2.05, 4.69) is 144 Å². The quantitative estimate of drug-likeness (QED) is 0.171. The van der Waals surface area contributed by atoms with Crippen molar-refractivity contribution in [3.05, 3.63) is 194 Å². The second-order valence-electron chi connectivity index (χ2n) is 14.2. The molecule has 5 heteroatoms. The highest BCUT2D eigenvalue weighted by molar-refractivity contribution is 6.04. The number of para-hydroxylation sites is 3. The summed E-state index contributed by atoms with van der Waals surface area (Å²) in [6, 6.07) is 63.8. The number of hydrogen-bond donors (Lipinski definition) is 0. The maximum atomic E-state index is 6.10. The topological polar surface area (TPSA) is 55.1 Å². The minimum atomic E-state index is 0.653. The van der Waals surface area contributed by atoms with Gasteiger partial charge in [-0.15, -0.1) is 0 Å². The molecule has 0 unspecified atom stereocenters. The molecular formula is C51H32N4O. The highest BCUT2D eigenvalue weighted by Gasteiger charge is 2.16. The smallest absolute Gasteiger partial charge is 0.227 e. The van der Waals surface area contributed by atoms with Gasteiger partial charge in [-0.05, 0) is 107 Å². The third-order valence-electron chi connectivity index (χ3n) is 10.7. The summed E-state index contributed by atoms with van der Waals surface area (Å²) in [6.07, 6.45) is 3.91. The summed E-state index contributed by atoms with van der Waals surface area (Å²) < 4.78 is 6.10. The predicted octanol–water partition coefficient (Wildman–Crippen LogP) is 13.7.